The zero-order chi connectivity index (χ0) is 23.5. The molecule has 2 aromatic carbocycles. The van der Waals surface area contributed by atoms with E-state index in [1.165, 1.54) is 7.11 Å². The molecule has 1 aliphatic rings. The van der Waals surface area contributed by atoms with Gasteiger partial charge in [-0.05, 0) is 60.7 Å². The van der Waals surface area contributed by atoms with E-state index in [0.717, 1.165) is 22.3 Å². The number of furan rings is 1. The Morgan fingerprint density at radius 1 is 1.06 bits per heavy atom. The lowest BCUT2D eigenvalue weighted by atomic mass is 10.1. The average molecular weight is 499 g/mol. The molecule has 0 radical (unpaired) electrons. The quantitative estimate of drug-likeness (QED) is 0.303. The first-order valence-corrected chi connectivity index (χ1v) is 11.1. The van der Waals surface area contributed by atoms with Crippen LogP contribution in [0.25, 0.3) is 17.4 Å². The van der Waals surface area contributed by atoms with E-state index < -0.39 is 17.8 Å². The number of rotatable bonds is 5. The number of hydrogen-bond acceptors (Lipinski definition) is 7. The van der Waals surface area contributed by atoms with Crippen molar-refractivity contribution in [1.82, 2.24) is 10.4 Å². The molecule has 2 amide bonds. The largest absolute Gasteiger partial charge is 0.465 e. The minimum Gasteiger partial charge on any atom is -0.465 e. The Bertz CT molecular complexity index is 1280. The number of methoxy groups -OCH3 is 1. The first-order chi connectivity index (χ1) is 15.9. The summed E-state index contributed by atoms with van der Waals surface area (Å²) >= 11 is 12.1. The van der Waals surface area contributed by atoms with E-state index in [-0.39, 0.29) is 4.32 Å². The summed E-state index contributed by atoms with van der Waals surface area (Å²) in [5, 5.41) is 1.52. The van der Waals surface area contributed by atoms with Gasteiger partial charge in [-0.3, -0.25) is 15.0 Å². The lowest BCUT2D eigenvalue weighted by Crippen LogP contribution is -2.44. The average Bonchev–Trinajstić information content (AvgIpc) is 3.39. The van der Waals surface area contributed by atoms with Crippen molar-refractivity contribution in [1.29, 1.82) is 0 Å². The van der Waals surface area contributed by atoms with Gasteiger partial charge in [-0.1, -0.05) is 35.5 Å². The fourth-order valence-electron chi connectivity index (χ4n) is 2.93. The molecule has 0 bridgehead atoms. The summed E-state index contributed by atoms with van der Waals surface area (Å²) in [6.07, 6.45) is 1.56. The highest BCUT2D eigenvalue weighted by Crippen LogP contribution is 2.33. The second-order valence-corrected chi connectivity index (χ2v) is 8.85. The van der Waals surface area contributed by atoms with Gasteiger partial charge in [-0.15, -0.1) is 0 Å². The van der Waals surface area contributed by atoms with Crippen LogP contribution in [0.1, 0.15) is 26.5 Å². The van der Waals surface area contributed by atoms with Crippen LogP contribution < -0.4 is 5.43 Å². The second kappa shape index (κ2) is 9.62. The zero-order valence-electron chi connectivity index (χ0n) is 17.0. The van der Waals surface area contributed by atoms with E-state index >= 15 is 0 Å². The number of benzene rings is 2. The number of thiocarbonyl (C=S) groups is 1. The molecule has 1 aromatic heterocycles. The summed E-state index contributed by atoms with van der Waals surface area (Å²) < 4.78 is 10.7. The smallest absolute Gasteiger partial charge is 0.337 e. The Hall–Kier alpha value is -3.40. The third kappa shape index (κ3) is 5.00. The number of thioether (sulfide) groups is 1. The van der Waals surface area contributed by atoms with E-state index in [2.05, 4.69) is 5.43 Å². The molecule has 0 atom stereocenters. The number of amides is 2. The standard InChI is InChI=1S/C23H15ClN2O5S2/c1-30-22(29)15-4-2-13(3-5-15)18-11-10-17(31-18)12-19-21(28)26(23(32)33-19)25-20(27)14-6-8-16(24)9-7-14/h2-12H,1H3,(H,25,27)/b19-12+. The normalized spacial score (nSPS) is 14.6. The van der Waals surface area contributed by atoms with Crippen LogP contribution in [0.2, 0.25) is 5.02 Å². The number of carbonyl (C=O) groups is 3. The van der Waals surface area contributed by atoms with Crippen molar-refractivity contribution in [3.63, 3.8) is 0 Å². The summed E-state index contributed by atoms with van der Waals surface area (Å²) in [5.74, 6) is -0.379. The topological polar surface area (TPSA) is 88.9 Å². The highest BCUT2D eigenvalue weighted by Gasteiger charge is 2.34. The van der Waals surface area contributed by atoms with E-state index in [0.29, 0.717) is 32.6 Å². The lowest BCUT2D eigenvalue weighted by Gasteiger charge is -2.15. The molecular formula is C23H15ClN2O5S2. The van der Waals surface area contributed by atoms with Crippen LogP contribution in [0.15, 0.2) is 70.0 Å². The second-order valence-electron chi connectivity index (χ2n) is 6.74. The van der Waals surface area contributed by atoms with Crippen LogP contribution >= 0.6 is 35.6 Å². The maximum Gasteiger partial charge on any atom is 0.337 e. The first kappa shape index (κ1) is 22.8. The molecule has 1 fully saturated rings. The van der Waals surface area contributed by atoms with Crippen molar-refractivity contribution in [3.8, 4) is 11.3 Å². The van der Waals surface area contributed by atoms with Gasteiger partial charge in [0.05, 0.1) is 17.6 Å². The Morgan fingerprint density at radius 2 is 1.73 bits per heavy atom. The Labute approximate surface area is 203 Å². The van der Waals surface area contributed by atoms with Crippen molar-refractivity contribution in [2.24, 2.45) is 0 Å². The summed E-state index contributed by atoms with van der Waals surface area (Å²) in [6, 6.07) is 16.5. The van der Waals surface area contributed by atoms with E-state index in [4.69, 9.17) is 33.0 Å². The van der Waals surface area contributed by atoms with Crippen LogP contribution in [0.4, 0.5) is 0 Å². The van der Waals surface area contributed by atoms with Gasteiger partial charge in [0.1, 0.15) is 11.5 Å². The van der Waals surface area contributed by atoms with Crippen LogP contribution in [0.5, 0.6) is 0 Å². The van der Waals surface area contributed by atoms with Gasteiger partial charge in [-0.25, -0.2) is 4.79 Å². The van der Waals surface area contributed by atoms with E-state index in [1.807, 2.05) is 0 Å². The molecule has 0 aliphatic carbocycles. The molecule has 1 aliphatic heterocycles. The number of halogens is 1. The Kier molecular flexibility index (Phi) is 6.64. The third-order valence-electron chi connectivity index (χ3n) is 4.60. The highest BCUT2D eigenvalue weighted by molar-refractivity contribution is 8.26. The van der Waals surface area contributed by atoms with Gasteiger partial charge >= 0.3 is 5.97 Å². The zero-order valence-corrected chi connectivity index (χ0v) is 19.4. The van der Waals surface area contributed by atoms with E-state index in [9.17, 15) is 14.4 Å². The minimum absolute atomic E-state index is 0.193. The van der Waals surface area contributed by atoms with Crippen molar-refractivity contribution in [2.45, 2.75) is 0 Å². The SMILES string of the molecule is COC(=O)c1ccc(-c2ccc(/C=C3/SC(=S)N(NC(=O)c4ccc(Cl)cc4)C3=O)o2)cc1. The first-order valence-electron chi connectivity index (χ1n) is 9.49. The number of ether oxygens (including phenoxy) is 1. The predicted octanol–water partition coefficient (Wildman–Crippen LogP) is 4.93. The number of hydrogen-bond donors (Lipinski definition) is 1. The van der Waals surface area contributed by atoms with Crippen LogP contribution in [0, 0.1) is 0 Å². The lowest BCUT2D eigenvalue weighted by molar-refractivity contribution is -0.123. The van der Waals surface area contributed by atoms with Crippen LogP contribution in [0.3, 0.4) is 0 Å². The van der Waals surface area contributed by atoms with Gasteiger partial charge < -0.3 is 9.15 Å². The molecule has 10 heteroatoms. The van der Waals surface area contributed by atoms with Crippen LogP contribution in [-0.4, -0.2) is 34.2 Å². The highest BCUT2D eigenvalue weighted by atomic mass is 35.5. The Morgan fingerprint density at radius 3 is 2.39 bits per heavy atom. The number of nitrogens with zero attached hydrogens (tertiary/aromatic N) is 1. The molecule has 2 heterocycles. The fourth-order valence-corrected chi connectivity index (χ4v) is 4.22. The number of hydrazine groups is 1. The molecule has 33 heavy (non-hydrogen) atoms. The fraction of sp³-hybridized carbons (Fsp3) is 0.0435. The molecule has 0 saturated carbocycles. The summed E-state index contributed by atoms with van der Waals surface area (Å²) in [4.78, 5) is 37.1. The Balaban J connectivity index is 1.47. The number of nitrogens with one attached hydrogen (secondary N) is 1. The van der Waals surface area contributed by atoms with Gasteiger partial charge in [-0.2, -0.15) is 5.01 Å². The van der Waals surface area contributed by atoms with Gasteiger partial charge in [0.2, 0.25) is 0 Å². The van der Waals surface area contributed by atoms with E-state index in [1.54, 1.807) is 66.7 Å². The predicted molar refractivity (Wildman–Crippen MR) is 129 cm³/mol. The van der Waals surface area contributed by atoms with Gasteiger partial charge in [0.15, 0.2) is 4.32 Å². The van der Waals surface area contributed by atoms with Gasteiger partial charge in [0, 0.05) is 22.2 Å². The molecule has 3 aromatic rings. The number of esters is 1. The molecule has 0 unspecified atom stereocenters. The van der Waals surface area contributed by atoms with Gasteiger partial charge in [0.25, 0.3) is 11.8 Å². The third-order valence-corrected chi connectivity index (χ3v) is 6.16. The van der Waals surface area contributed by atoms with Crippen molar-refractivity contribution >= 4 is 63.8 Å². The molecule has 4 rings (SSSR count). The molecule has 166 valence electrons. The summed E-state index contributed by atoms with van der Waals surface area (Å²) in [6.45, 7) is 0. The summed E-state index contributed by atoms with van der Waals surface area (Å²) in [7, 11) is 1.32. The molecule has 0 spiro atoms. The number of carbonyl (C=O) groups excluding carboxylic acids is 3. The minimum atomic E-state index is -0.486. The van der Waals surface area contributed by atoms with Crippen LogP contribution in [-0.2, 0) is 9.53 Å². The monoisotopic (exact) mass is 498 g/mol. The maximum atomic E-state index is 12.8. The van der Waals surface area contributed by atoms with Crippen molar-refractivity contribution < 1.29 is 23.5 Å². The van der Waals surface area contributed by atoms with Crippen molar-refractivity contribution in [3.05, 3.63) is 87.5 Å². The maximum absolute atomic E-state index is 12.8. The molecule has 7 nitrogen and oxygen atoms in total. The molecule has 1 N–H and O–H groups in total. The molecular weight excluding hydrogens is 484 g/mol. The molecule has 1 saturated heterocycles. The van der Waals surface area contributed by atoms with Crippen molar-refractivity contribution in [2.75, 3.05) is 7.11 Å². The summed E-state index contributed by atoms with van der Waals surface area (Å²) in [5.41, 5.74) is 4.03.